The van der Waals surface area contributed by atoms with Gasteiger partial charge < -0.3 is 9.13 Å². The Labute approximate surface area is 239 Å². The number of benzene rings is 5. The lowest BCUT2D eigenvalue weighted by atomic mass is 10.0. The second-order valence-corrected chi connectivity index (χ2v) is 12.9. The molecule has 40 heavy (non-hydrogen) atoms. The summed E-state index contributed by atoms with van der Waals surface area (Å²) in [5.74, 6) is 0. The molecule has 0 saturated carbocycles. The molecule has 1 aliphatic rings. The van der Waals surface area contributed by atoms with Gasteiger partial charge in [-0.25, -0.2) is 0 Å². The first-order valence-electron chi connectivity index (χ1n) is 13.7. The summed E-state index contributed by atoms with van der Waals surface area (Å²) in [6, 6.07) is 43.6. The minimum Gasteiger partial charge on any atom is -0.313 e. The van der Waals surface area contributed by atoms with Gasteiger partial charge in [0.2, 0.25) is 0 Å². The summed E-state index contributed by atoms with van der Waals surface area (Å²) < 4.78 is 4.77. The van der Waals surface area contributed by atoms with Crippen LogP contribution in [-0.4, -0.2) is 9.13 Å². The first kappa shape index (κ1) is 23.8. The number of allylic oxidation sites excluding steroid dienone is 1. The molecule has 0 spiro atoms. The van der Waals surface area contributed by atoms with Crippen molar-refractivity contribution in [2.45, 2.75) is 12.8 Å². The molecule has 1 atom stereocenters. The molecule has 0 aliphatic heterocycles. The molecule has 2 nitrogen and oxygen atoms in total. The maximum Gasteiger partial charge on any atom is 0.0541 e. The number of halogens is 1. The molecular weight excluding hydrogens is 527 g/mol. The van der Waals surface area contributed by atoms with Gasteiger partial charge in [0.05, 0.1) is 23.8 Å². The first-order chi connectivity index (χ1) is 19.8. The van der Waals surface area contributed by atoms with Crippen LogP contribution < -0.4 is 10.6 Å². The predicted molar refractivity (Wildman–Crippen MR) is 173 cm³/mol. The summed E-state index contributed by atoms with van der Waals surface area (Å²) in [6.07, 6.45) is 6.71. The van der Waals surface area contributed by atoms with Gasteiger partial charge in [-0.15, -0.1) is 0 Å². The molecule has 0 radical (unpaired) electrons. The van der Waals surface area contributed by atoms with Crippen molar-refractivity contribution in [1.82, 2.24) is 9.13 Å². The molecule has 0 fully saturated rings. The van der Waals surface area contributed by atoms with E-state index in [9.17, 15) is 0 Å². The van der Waals surface area contributed by atoms with Gasteiger partial charge in [-0.3, -0.25) is 0 Å². The molecule has 2 heterocycles. The average Bonchev–Trinajstić information content (AvgIpc) is 3.54. The molecule has 1 aliphatic carbocycles. The van der Waals surface area contributed by atoms with Gasteiger partial charge in [-0.2, -0.15) is 0 Å². The normalized spacial score (nSPS) is 13.7. The van der Waals surface area contributed by atoms with E-state index in [0.717, 1.165) is 29.1 Å². The van der Waals surface area contributed by atoms with Crippen LogP contribution in [0.5, 0.6) is 0 Å². The van der Waals surface area contributed by atoms with Gasteiger partial charge in [0.25, 0.3) is 0 Å². The van der Waals surface area contributed by atoms with Gasteiger partial charge >= 0.3 is 0 Å². The molecule has 5 aromatic carbocycles. The Morgan fingerprint density at radius 2 is 1.00 bits per heavy atom. The minimum absolute atomic E-state index is 0.981. The summed E-state index contributed by atoms with van der Waals surface area (Å²) in [5.41, 5.74) is 8.79. The molecule has 0 saturated heterocycles. The fraction of sp³-hybridized carbons (Fsp3) is 0.0556. The van der Waals surface area contributed by atoms with Gasteiger partial charge in [-0.1, -0.05) is 102 Å². The second-order valence-electron chi connectivity index (χ2n) is 10.3. The third-order valence-corrected chi connectivity index (χ3v) is 10.8. The standard InChI is InChI=1S/C36H26ClN2P/c37-40(27-21-17-25(18-22-27)38-33-13-5-1-9-29(33)30-10-2-6-14-34(30)38)28-23-19-26(20-24-28)39-35-15-7-3-11-31(35)32-12-4-8-16-36(32)39/h1-7,9-15,17-24H,8,16H2. The smallest absolute Gasteiger partial charge is 0.0541 e. The second kappa shape index (κ2) is 9.52. The van der Waals surface area contributed by atoms with Crippen LogP contribution in [0, 0.1) is 0 Å². The van der Waals surface area contributed by atoms with Crippen LogP contribution in [0.2, 0.25) is 0 Å². The Hall–Kier alpha value is -4.10. The van der Waals surface area contributed by atoms with Crippen molar-refractivity contribution in [2.24, 2.45) is 0 Å². The SMILES string of the molecule is ClP(c1ccc(-n2c3c(c4ccccc42)C=CCC3)cc1)c1ccc(-n2c3ccccc3c3ccccc32)cc1. The van der Waals surface area contributed by atoms with Crippen LogP contribution in [0.3, 0.4) is 0 Å². The number of nitrogens with zero attached hydrogens (tertiary/aromatic N) is 2. The first-order valence-corrected chi connectivity index (χ1v) is 16.0. The number of para-hydroxylation sites is 3. The van der Waals surface area contributed by atoms with Crippen LogP contribution in [0.4, 0.5) is 0 Å². The predicted octanol–water partition coefficient (Wildman–Crippen LogP) is 9.27. The van der Waals surface area contributed by atoms with Crippen molar-refractivity contribution < 1.29 is 0 Å². The summed E-state index contributed by atoms with van der Waals surface area (Å²) in [4.78, 5) is 0. The van der Waals surface area contributed by atoms with E-state index >= 15 is 0 Å². The largest absolute Gasteiger partial charge is 0.313 e. The molecule has 8 rings (SSSR count). The van der Waals surface area contributed by atoms with E-state index in [1.807, 2.05) is 0 Å². The van der Waals surface area contributed by atoms with E-state index in [-0.39, 0.29) is 0 Å². The van der Waals surface area contributed by atoms with Crippen LogP contribution in [0.1, 0.15) is 17.7 Å². The third-order valence-electron chi connectivity index (χ3n) is 8.10. The Bertz CT molecular complexity index is 2010. The Morgan fingerprint density at radius 3 is 1.57 bits per heavy atom. The van der Waals surface area contributed by atoms with E-state index in [1.165, 1.54) is 49.7 Å². The Balaban J connectivity index is 1.13. The highest BCUT2D eigenvalue weighted by Gasteiger charge is 2.19. The molecular formula is C36H26ClN2P. The number of fused-ring (bicyclic) bond motifs is 6. The van der Waals surface area contributed by atoms with Crippen molar-refractivity contribution in [1.29, 1.82) is 0 Å². The van der Waals surface area contributed by atoms with Gasteiger partial charge in [0, 0.05) is 38.8 Å². The van der Waals surface area contributed by atoms with Crippen molar-refractivity contribution in [2.75, 3.05) is 0 Å². The van der Waals surface area contributed by atoms with E-state index in [0.29, 0.717) is 0 Å². The number of rotatable bonds is 4. The zero-order valence-corrected chi connectivity index (χ0v) is 23.5. The van der Waals surface area contributed by atoms with E-state index < -0.39 is 7.27 Å². The number of hydrogen-bond donors (Lipinski definition) is 0. The summed E-state index contributed by atoms with van der Waals surface area (Å²) >= 11 is 7.13. The lowest BCUT2D eigenvalue weighted by molar-refractivity contribution is 0.889. The quantitative estimate of drug-likeness (QED) is 0.193. The van der Waals surface area contributed by atoms with Crippen molar-refractivity contribution in [3.05, 3.63) is 139 Å². The molecule has 0 bridgehead atoms. The summed E-state index contributed by atoms with van der Waals surface area (Å²) in [7, 11) is -0.981. The number of hydrogen-bond acceptors (Lipinski definition) is 0. The van der Waals surface area contributed by atoms with Crippen LogP contribution >= 0.6 is 18.5 Å². The van der Waals surface area contributed by atoms with Gasteiger partial charge in [-0.05, 0) is 65.9 Å². The highest BCUT2D eigenvalue weighted by Crippen LogP contribution is 2.40. The van der Waals surface area contributed by atoms with Crippen molar-refractivity contribution in [3.8, 4) is 11.4 Å². The Kier molecular flexibility index (Phi) is 5.66. The van der Waals surface area contributed by atoms with Gasteiger partial charge in [0.15, 0.2) is 0 Å². The van der Waals surface area contributed by atoms with E-state index in [4.69, 9.17) is 11.2 Å². The molecule has 7 aromatic rings. The third kappa shape index (κ3) is 3.68. The Morgan fingerprint density at radius 1 is 0.525 bits per heavy atom. The summed E-state index contributed by atoms with van der Waals surface area (Å²) in [5, 5.41) is 6.18. The molecule has 4 heteroatoms. The van der Waals surface area contributed by atoms with Crippen LogP contribution in [0.25, 0.3) is 50.2 Å². The van der Waals surface area contributed by atoms with Crippen LogP contribution in [0.15, 0.2) is 127 Å². The lowest BCUT2D eigenvalue weighted by Crippen LogP contribution is -2.10. The minimum atomic E-state index is -0.981. The number of aromatic nitrogens is 2. The highest BCUT2D eigenvalue weighted by atomic mass is 35.7. The highest BCUT2D eigenvalue weighted by molar-refractivity contribution is 7.95. The molecule has 2 aromatic heterocycles. The average molecular weight is 553 g/mol. The van der Waals surface area contributed by atoms with Crippen LogP contribution in [-0.2, 0) is 6.42 Å². The topological polar surface area (TPSA) is 9.86 Å². The zero-order valence-electron chi connectivity index (χ0n) is 21.8. The monoisotopic (exact) mass is 552 g/mol. The van der Waals surface area contributed by atoms with Crippen molar-refractivity contribution >= 4 is 67.9 Å². The molecule has 192 valence electrons. The lowest BCUT2D eigenvalue weighted by Gasteiger charge is -2.16. The molecule has 0 amide bonds. The maximum absolute atomic E-state index is 7.13. The molecule has 0 N–H and O–H groups in total. The van der Waals surface area contributed by atoms with Crippen molar-refractivity contribution in [3.63, 3.8) is 0 Å². The summed E-state index contributed by atoms with van der Waals surface area (Å²) in [6.45, 7) is 0. The zero-order chi connectivity index (χ0) is 26.6. The van der Waals surface area contributed by atoms with Gasteiger partial charge in [0.1, 0.15) is 0 Å². The van der Waals surface area contributed by atoms with E-state index in [2.05, 4.69) is 143 Å². The maximum atomic E-state index is 7.13. The fourth-order valence-corrected chi connectivity index (χ4v) is 8.08. The van der Waals surface area contributed by atoms with E-state index in [1.54, 1.807) is 0 Å². The fourth-order valence-electron chi connectivity index (χ4n) is 6.28. The molecule has 1 unspecified atom stereocenters.